The first-order valence-electron chi connectivity index (χ1n) is 13.3. The zero-order chi connectivity index (χ0) is 28.9. The van der Waals surface area contributed by atoms with Gasteiger partial charge in [0.1, 0.15) is 11.9 Å². The normalized spacial score (nSPS) is 18.8. The summed E-state index contributed by atoms with van der Waals surface area (Å²) in [4.78, 5) is 17.4. The number of nitrogens with zero attached hydrogens (tertiary/aromatic N) is 2. The molecular weight excluding hydrogens is 550 g/mol. The van der Waals surface area contributed by atoms with E-state index < -0.39 is 10.0 Å². The predicted molar refractivity (Wildman–Crippen MR) is 157 cm³/mol. The molecule has 3 atom stereocenters. The van der Waals surface area contributed by atoms with E-state index in [1.807, 2.05) is 39.1 Å². The molecule has 3 aromatic carbocycles. The smallest absolute Gasteiger partial charge is 0.261 e. The summed E-state index contributed by atoms with van der Waals surface area (Å²) >= 11 is 5.91. The quantitative estimate of drug-likeness (QED) is 0.386. The number of fused-ring (bicyclic) bond motifs is 1. The lowest BCUT2D eigenvalue weighted by Crippen LogP contribution is -2.47. The Morgan fingerprint density at radius 3 is 2.50 bits per heavy atom. The minimum Gasteiger partial charge on any atom is -0.488 e. The topological polar surface area (TPSA) is 99.2 Å². The maximum atomic E-state index is 13.4. The minimum atomic E-state index is -3.87. The van der Waals surface area contributed by atoms with Gasteiger partial charge in [0.15, 0.2) is 0 Å². The number of carbonyl (C=O) groups excluding carboxylic acids is 1. The fourth-order valence-corrected chi connectivity index (χ4v) is 5.98. The van der Waals surface area contributed by atoms with Crippen molar-refractivity contribution < 1.29 is 23.1 Å². The van der Waals surface area contributed by atoms with Crippen LogP contribution in [0.5, 0.6) is 5.75 Å². The molecule has 0 aliphatic carbocycles. The largest absolute Gasteiger partial charge is 0.488 e. The van der Waals surface area contributed by atoms with Gasteiger partial charge in [-0.25, -0.2) is 8.42 Å². The Bertz CT molecular complexity index is 1400. The van der Waals surface area contributed by atoms with E-state index in [0.29, 0.717) is 35.1 Å². The SMILES string of the molecule is C[C@H]1CN([C@@H](C)CO)C(=O)Cc2cc(NS(=O)(=O)c3ccc(Cl)cc3)ccc2O[C@H]1CN(C)Cc1ccccc1. The molecule has 0 bridgehead atoms. The number of hydrogen-bond donors (Lipinski definition) is 2. The van der Waals surface area contributed by atoms with Crippen LogP contribution >= 0.6 is 11.6 Å². The van der Waals surface area contributed by atoms with Crippen molar-refractivity contribution in [3.05, 3.63) is 88.9 Å². The van der Waals surface area contributed by atoms with Crippen LogP contribution in [0.15, 0.2) is 77.7 Å². The number of likely N-dealkylation sites (N-methyl/N-ethyl adjacent to an activating group) is 1. The Labute approximate surface area is 241 Å². The number of ether oxygens (including phenoxy) is 1. The Kier molecular flexibility index (Phi) is 9.73. The molecule has 1 amide bonds. The Morgan fingerprint density at radius 2 is 1.82 bits per heavy atom. The summed E-state index contributed by atoms with van der Waals surface area (Å²) in [6.07, 6.45) is -0.251. The molecule has 1 aliphatic rings. The van der Waals surface area contributed by atoms with Crippen molar-refractivity contribution in [2.45, 2.75) is 43.9 Å². The number of benzene rings is 3. The molecule has 0 saturated heterocycles. The second-order valence-electron chi connectivity index (χ2n) is 10.5. The Balaban J connectivity index is 1.63. The van der Waals surface area contributed by atoms with Crippen LogP contribution in [-0.4, -0.2) is 68.1 Å². The van der Waals surface area contributed by atoms with Crippen molar-refractivity contribution in [1.29, 1.82) is 0 Å². The second-order valence-corrected chi connectivity index (χ2v) is 12.6. The standard InChI is InChI=1S/C30H36ClN3O5S/c1-21-17-34(22(2)20-35)30(36)16-24-15-26(32-40(37,38)27-12-9-25(31)10-13-27)11-14-28(24)39-29(21)19-33(3)18-23-7-5-4-6-8-23/h4-15,21-22,29,32,35H,16-20H2,1-3H3/t21-,22-,29-/m0/s1. The Morgan fingerprint density at radius 1 is 1.12 bits per heavy atom. The van der Waals surface area contributed by atoms with Crippen LogP contribution in [0.4, 0.5) is 5.69 Å². The summed E-state index contributed by atoms with van der Waals surface area (Å²) in [7, 11) is -1.84. The highest BCUT2D eigenvalue weighted by Crippen LogP contribution is 2.30. The number of nitrogens with one attached hydrogen (secondary N) is 1. The van der Waals surface area contributed by atoms with Crippen molar-refractivity contribution in [3.8, 4) is 5.75 Å². The van der Waals surface area contributed by atoms with Crippen LogP contribution in [0.3, 0.4) is 0 Å². The summed E-state index contributed by atoms with van der Waals surface area (Å²) in [5.41, 5.74) is 2.07. The average molecular weight is 586 g/mol. The van der Waals surface area contributed by atoms with Gasteiger partial charge in [-0.05, 0) is 62.0 Å². The number of anilines is 1. The summed E-state index contributed by atoms with van der Waals surface area (Å²) < 4.78 is 35.1. The third kappa shape index (κ3) is 7.54. The molecule has 8 nitrogen and oxygen atoms in total. The highest BCUT2D eigenvalue weighted by molar-refractivity contribution is 7.92. The van der Waals surface area contributed by atoms with Gasteiger partial charge < -0.3 is 14.7 Å². The van der Waals surface area contributed by atoms with Gasteiger partial charge in [0.25, 0.3) is 10.0 Å². The molecule has 3 aromatic rings. The molecule has 0 fully saturated rings. The molecule has 0 aromatic heterocycles. The Hall–Kier alpha value is -3.11. The van der Waals surface area contributed by atoms with Crippen molar-refractivity contribution in [2.24, 2.45) is 5.92 Å². The second kappa shape index (κ2) is 13.0. The van der Waals surface area contributed by atoms with Gasteiger partial charge in [-0.3, -0.25) is 14.4 Å². The van der Waals surface area contributed by atoms with Crippen LogP contribution in [0.25, 0.3) is 0 Å². The van der Waals surface area contributed by atoms with Crippen molar-refractivity contribution >= 4 is 33.2 Å². The van der Waals surface area contributed by atoms with Crippen LogP contribution in [0.2, 0.25) is 5.02 Å². The van der Waals surface area contributed by atoms with Crippen molar-refractivity contribution in [1.82, 2.24) is 9.80 Å². The first-order valence-corrected chi connectivity index (χ1v) is 15.1. The monoisotopic (exact) mass is 585 g/mol. The number of hydrogen-bond acceptors (Lipinski definition) is 6. The van der Waals surface area contributed by atoms with E-state index in [1.54, 1.807) is 23.1 Å². The van der Waals surface area contributed by atoms with Crippen LogP contribution < -0.4 is 9.46 Å². The van der Waals surface area contributed by atoms with Gasteiger partial charge in [-0.2, -0.15) is 0 Å². The lowest BCUT2D eigenvalue weighted by molar-refractivity contribution is -0.134. The highest BCUT2D eigenvalue weighted by atomic mass is 35.5. The van der Waals surface area contributed by atoms with Crippen molar-refractivity contribution in [3.63, 3.8) is 0 Å². The molecule has 1 aliphatic heterocycles. The number of amides is 1. The molecule has 0 spiro atoms. The molecule has 2 N–H and O–H groups in total. The summed E-state index contributed by atoms with van der Waals surface area (Å²) in [5, 5.41) is 10.3. The molecule has 10 heteroatoms. The van der Waals surface area contributed by atoms with Gasteiger partial charge in [-0.15, -0.1) is 0 Å². The van der Waals surface area contributed by atoms with Gasteiger partial charge in [-0.1, -0.05) is 48.9 Å². The summed E-state index contributed by atoms with van der Waals surface area (Å²) in [6, 6.07) is 20.7. The zero-order valence-corrected chi connectivity index (χ0v) is 24.5. The number of rotatable bonds is 9. The fraction of sp³-hybridized carbons (Fsp3) is 0.367. The van der Waals surface area contributed by atoms with Crippen LogP contribution in [-0.2, 0) is 27.8 Å². The number of carbonyl (C=O) groups is 1. The fourth-order valence-electron chi connectivity index (χ4n) is 4.81. The maximum Gasteiger partial charge on any atom is 0.261 e. The number of halogens is 1. The summed E-state index contributed by atoms with van der Waals surface area (Å²) in [6.45, 7) is 5.47. The van der Waals surface area contributed by atoms with Gasteiger partial charge in [0.2, 0.25) is 5.91 Å². The van der Waals surface area contributed by atoms with E-state index in [0.717, 1.165) is 6.54 Å². The van der Waals surface area contributed by atoms with E-state index in [-0.39, 0.29) is 41.9 Å². The molecule has 0 radical (unpaired) electrons. The van der Waals surface area contributed by atoms with Crippen molar-refractivity contribution in [2.75, 3.05) is 31.5 Å². The first-order chi connectivity index (χ1) is 19.1. The molecule has 214 valence electrons. The van der Waals surface area contributed by atoms with E-state index in [4.69, 9.17) is 16.3 Å². The third-order valence-electron chi connectivity index (χ3n) is 7.08. The molecule has 4 rings (SSSR count). The molecular formula is C30H36ClN3O5S. The van der Waals surface area contributed by atoms with Gasteiger partial charge in [0.05, 0.1) is 24.0 Å². The molecule has 0 unspecified atom stereocenters. The average Bonchev–Trinajstić information content (AvgIpc) is 2.96. The van der Waals surface area contributed by atoms with Gasteiger partial charge in [0, 0.05) is 41.8 Å². The highest BCUT2D eigenvalue weighted by Gasteiger charge is 2.31. The van der Waals surface area contributed by atoms with E-state index in [1.165, 1.54) is 29.8 Å². The number of aliphatic hydroxyl groups is 1. The zero-order valence-electron chi connectivity index (χ0n) is 23.0. The number of aliphatic hydroxyl groups excluding tert-OH is 1. The van der Waals surface area contributed by atoms with E-state index in [9.17, 15) is 18.3 Å². The molecule has 0 saturated carbocycles. The maximum absolute atomic E-state index is 13.4. The van der Waals surface area contributed by atoms with Gasteiger partial charge >= 0.3 is 0 Å². The summed E-state index contributed by atoms with van der Waals surface area (Å²) in [5.74, 6) is 0.339. The first kappa shape index (κ1) is 29.9. The van der Waals surface area contributed by atoms with E-state index >= 15 is 0 Å². The van der Waals surface area contributed by atoms with Crippen LogP contribution in [0.1, 0.15) is 25.0 Å². The lowest BCUT2D eigenvalue weighted by Gasteiger charge is -2.34. The number of sulfonamides is 1. The third-order valence-corrected chi connectivity index (χ3v) is 8.73. The van der Waals surface area contributed by atoms with Crippen LogP contribution in [0, 0.1) is 5.92 Å². The lowest BCUT2D eigenvalue weighted by atomic mass is 10.0. The molecule has 40 heavy (non-hydrogen) atoms. The molecule has 1 heterocycles. The minimum absolute atomic E-state index is 0.00941. The van der Waals surface area contributed by atoms with E-state index in [2.05, 4.69) is 21.8 Å². The predicted octanol–water partition coefficient (Wildman–Crippen LogP) is 4.42.